The molecule has 1 atom stereocenters. The molecule has 0 spiro atoms. The summed E-state index contributed by atoms with van der Waals surface area (Å²) < 4.78 is 0. The number of aliphatic hydroxyl groups is 1. The average Bonchev–Trinajstić information content (AvgIpc) is 1.83. The minimum atomic E-state index is 0.240. The molecule has 0 aliphatic rings. The molecule has 0 saturated heterocycles. The van der Waals surface area contributed by atoms with E-state index >= 15 is 0 Å². The van der Waals surface area contributed by atoms with Gasteiger partial charge in [0.2, 0.25) is 0 Å². The van der Waals surface area contributed by atoms with Crippen LogP contribution in [0.5, 0.6) is 0 Å². The van der Waals surface area contributed by atoms with Gasteiger partial charge in [-0.1, -0.05) is 13.3 Å². The van der Waals surface area contributed by atoms with Crippen LogP contribution >= 0.6 is 0 Å². The molecule has 0 aromatic carbocycles. The minimum absolute atomic E-state index is 0.240. The van der Waals surface area contributed by atoms with Crippen molar-refractivity contribution in [3.05, 3.63) is 0 Å². The van der Waals surface area contributed by atoms with E-state index in [2.05, 4.69) is 6.92 Å². The van der Waals surface area contributed by atoms with Crippen LogP contribution in [0.4, 0.5) is 0 Å². The molecular weight excluding hydrogens is 102 g/mol. The first-order valence-electron chi connectivity index (χ1n) is 3.16. The maximum atomic E-state index is 8.58. The Morgan fingerprint density at radius 3 is 2.38 bits per heavy atom. The Bertz CT molecular complexity index is 43.8. The molecule has 0 amide bonds. The summed E-state index contributed by atoms with van der Waals surface area (Å²) in [6, 6.07) is 0. The summed E-state index contributed by atoms with van der Waals surface area (Å²) in [5, 5.41) is 8.58. The molecule has 3 N–H and O–H groups in total. The highest BCUT2D eigenvalue weighted by Gasteiger charge is 2.00. The van der Waals surface area contributed by atoms with Crippen molar-refractivity contribution in [2.24, 2.45) is 11.7 Å². The first-order valence-corrected chi connectivity index (χ1v) is 3.16. The standard InChI is InChI=1S/C6H15NO/c1-2-3-6(4-7)5-8/h6,8H,2-5,7H2,1H3. The molecule has 0 rings (SSSR count). The number of hydrogen-bond acceptors (Lipinski definition) is 2. The lowest BCUT2D eigenvalue weighted by atomic mass is 10.1. The SMILES string of the molecule is CCCC(CN)CO. The maximum absolute atomic E-state index is 8.58. The lowest BCUT2D eigenvalue weighted by molar-refractivity contribution is 0.222. The Balaban J connectivity index is 3.07. The summed E-state index contributed by atoms with van der Waals surface area (Å²) in [5.41, 5.74) is 5.31. The van der Waals surface area contributed by atoms with E-state index in [1.54, 1.807) is 0 Å². The van der Waals surface area contributed by atoms with Crippen LogP contribution in [0.2, 0.25) is 0 Å². The highest BCUT2D eigenvalue weighted by molar-refractivity contribution is 4.55. The topological polar surface area (TPSA) is 46.2 Å². The zero-order valence-electron chi connectivity index (χ0n) is 5.43. The van der Waals surface area contributed by atoms with Gasteiger partial charge < -0.3 is 10.8 Å². The number of nitrogens with two attached hydrogens (primary N) is 1. The molecule has 0 fully saturated rings. The van der Waals surface area contributed by atoms with Crippen LogP contribution in [0, 0.1) is 5.92 Å². The predicted molar refractivity (Wildman–Crippen MR) is 34.5 cm³/mol. The Labute approximate surface area is 50.7 Å². The van der Waals surface area contributed by atoms with Crippen molar-refractivity contribution >= 4 is 0 Å². The van der Waals surface area contributed by atoms with E-state index in [9.17, 15) is 0 Å². The third kappa shape index (κ3) is 2.99. The Kier molecular flexibility index (Phi) is 5.01. The summed E-state index contributed by atoms with van der Waals surface area (Å²) in [4.78, 5) is 0. The van der Waals surface area contributed by atoms with Gasteiger partial charge in [0.1, 0.15) is 0 Å². The molecule has 2 heteroatoms. The third-order valence-corrected chi connectivity index (χ3v) is 1.29. The molecule has 0 aromatic rings. The molecule has 0 heterocycles. The average molecular weight is 117 g/mol. The lowest BCUT2D eigenvalue weighted by Gasteiger charge is -2.07. The molecule has 50 valence electrons. The number of rotatable bonds is 4. The van der Waals surface area contributed by atoms with Crippen molar-refractivity contribution in [1.29, 1.82) is 0 Å². The Hall–Kier alpha value is -0.0800. The van der Waals surface area contributed by atoms with E-state index in [-0.39, 0.29) is 6.61 Å². The van der Waals surface area contributed by atoms with Gasteiger partial charge in [-0.2, -0.15) is 0 Å². The summed E-state index contributed by atoms with van der Waals surface area (Å²) in [7, 11) is 0. The summed E-state index contributed by atoms with van der Waals surface area (Å²) in [5.74, 6) is 0.333. The molecule has 0 aliphatic heterocycles. The van der Waals surface area contributed by atoms with E-state index in [0.29, 0.717) is 12.5 Å². The predicted octanol–water partition coefficient (Wildman–Crippen LogP) is 0.354. The zero-order chi connectivity index (χ0) is 6.41. The van der Waals surface area contributed by atoms with Gasteiger partial charge in [-0.15, -0.1) is 0 Å². The summed E-state index contributed by atoms with van der Waals surface area (Å²) in [6.45, 7) is 2.95. The van der Waals surface area contributed by atoms with Gasteiger partial charge in [-0.3, -0.25) is 0 Å². The molecular formula is C6H15NO. The highest BCUT2D eigenvalue weighted by atomic mass is 16.3. The second-order valence-electron chi connectivity index (χ2n) is 2.07. The highest BCUT2D eigenvalue weighted by Crippen LogP contribution is 2.01. The normalized spacial score (nSPS) is 13.9. The van der Waals surface area contributed by atoms with Gasteiger partial charge in [0, 0.05) is 6.61 Å². The number of hydrogen-bond donors (Lipinski definition) is 2. The fourth-order valence-electron chi connectivity index (χ4n) is 0.692. The minimum Gasteiger partial charge on any atom is -0.396 e. The van der Waals surface area contributed by atoms with Crippen LogP contribution in [0.15, 0.2) is 0 Å². The van der Waals surface area contributed by atoms with Gasteiger partial charge >= 0.3 is 0 Å². The van der Waals surface area contributed by atoms with Gasteiger partial charge in [0.15, 0.2) is 0 Å². The van der Waals surface area contributed by atoms with Crippen LogP contribution in [0.3, 0.4) is 0 Å². The van der Waals surface area contributed by atoms with Gasteiger partial charge in [0.05, 0.1) is 0 Å². The van der Waals surface area contributed by atoms with Crippen molar-refractivity contribution in [2.75, 3.05) is 13.2 Å². The largest absolute Gasteiger partial charge is 0.396 e. The molecule has 8 heavy (non-hydrogen) atoms. The van der Waals surface area contributed by atoms with E-state index in [1.807, 2.05) is 0 Å². The summed E-state index contributed by atoms with van der Waals surface area (Å²) in [6.07, 6.45) is 2.16. The monoisotopic (exact) mass is 117 g/mol. The Morgan fingerprint density at radius 2 is 2.25 bits per heavy atom. The fraction of sp³-hybridized carbons (Fsp3) is 1.00. The first-order chi connectivity index (χ1) is 3.85. The second kappa shape index (κ2) is 5.06. The molecule has 1 unspecified atom stereocenters. The van der Waals surface area contributed by atoms with Crippen LogP contribution in [0.25, 0.3) is 0 Å². The van der Waals surface area contributed by atoms with Crippen molar-refractivity contribution in [1.82, 2.24) is 0 Å². The van der Waals surface area contributed by atoms with Crippen LogP contribution in [-0.4, -0.2) is 18.3 Å². The van der Waals surface area contributed by atoms with E-state index in [0.717, 1.165) is 12.8 Å². The first kappa shape index (κ1) is 7.92. The Morgan fingerprint density at radius 1 is 1.62 bits per heavy atom. The third-order valence-electron chi connectivity index (χ3n) is 1.29. The molecule has 0 saturated carbocycles. The second-order valence-corrected chi connectivity index (χ2v) is 2.07. The molecule has 0 aliphatic carbocycles. The fourth-order valence-corrected chi connectivity index (χ4v) is 0.692. The molecule has 0 radical (unpaired) electrons. The number of aliphatic hydroxyl groups excluding tert-OH is 1. The van der Waals surface area contributed by atoms with E-state index < -0.39 is 0 Å². The van der Waals surface area contributed by atoms with Crippen molar-refractivity contribution < 1.29 is 5.11 Å². The van der Waals surface area contributed by atoms with E-state index in [1.165, 1.54) is 0 Å². The van der Waals surface area contributed by atoms with Crippen LogP contribution in [0.1, 0.15) is 19.8 Å². The molecule has 0 aromatic heterocycles. The zero-order valence-corrected chi connectivity index (χ0v) is 5.43. The quantitative estimate of drug-likeness (QED) is 0.558. The van der Waals surface area contributed by atoms with Crippen molar-refractivity contribution in [3.63, 3.8) is 0 Å². The van der Waals surface area contributed by atoms with Gasteiger partial charge in [0.25, 0.3) is 0 Å². The molecule has 2 nitrogen and oxygen atoms in total. The van der Waals surface area contributed by atoms with E-state index in [4.69, 9.17) is 10.8 Å². The summed E-state index contributed by atoms with van der Waals surface area (Å²) >= 11 is 0. The smallest absolute Gasteiger partial charge is 0.0471 e. The lowest BCUT2D eigenvalue weighted by Crippen LogP contribution is -2.17. The van der Waals surface area contributed by atoms with Crippen molar-refractivity contribution in [3.8, 4) is 0 Å². The van der Waals surface area contributed by atoms with Gasteiger partial charge in [-0.25, -0.2) is 0 Å². The maximum Gasteiger partial charge on any atom is 0.0471 e. The van der Waals surface area contributed by atoms with Crippen LogP contribution < -0.4 is 5.73 Å². The van der Waals surface area contributed by atoms with Gasteiger partial charge in [-0.05, 0) is 18.9 Å². The van der Waals surface area contributed by atoms with Crippen molar-refractivity contribution in [2.45, 2.75) is 19.8 Å². The molecule has 0 bridgehead atoms. The van der Waals surface area contributed by atoms with Crippen LogP contribution in [-0.2, 0) is 0 Å².